The largest absolute Gasteiger partial charge is 0.484 e. The van der Waals surface area contributed by atoms with E-state index in [-0.39, 0.29) is 19.0 Å². The first-order chi connectivity index (χ1) is 13.7. The molecule has 140 valence electrons. The third-order valence-electron chi connectivity index (χ3n) is 3.79. The zero-order valence-corrected chi connectivity index (χ0v) is 14.9. The van der Waals surface area contributed by atoms with Gasteiger partial charge >= 0.3 is 0 Å². The summed E-state index contributed by atoms with van der Waals surface area (Å²) in [6.45, 7) is -0.177. The van der Waals surface area contributed by atoms with Gasteiger partial charge in [0.2, 0.25) is 0 Å². The molecular formula is C22H17FN2O3. The molecule has 1 amide bonds. The van der Waals surface area contributed by atoms with Crippen LogP contribution in [-0.4, -0.2) is 25.3 Å². The molecule has 1 N–H and O–H groups in total. The fourth-order valence-electron chi connectivity index (χ4n) is 2.56. The van der Waals surface area contributed by atoms with Crippen LogP contribution in [0.2, 0.25) is 0 Å². The first-order valence-corrected chi connectivity index (χ1v) is 8.45. The molecule has 3 rings (SSSR count). The van der Waals surface area contributed by atoms with Gasteiger partial charge in [-0.05, 0) is 29.0 Å². The first-order valence-electron chi connectivity index (χ1n) is 8.45. The molecule has 0 spiro atoms. The average molecular weight is 376 g/mol. The molecule has 0 bridgehead atoms. The molecule has 0 atom stereocenters. The Morgan fingerprint density at radius 1 is 1.14 bits per heavy atom. The van der Waals surface area contributed by atoms with E-state index in [1.54, 1.807) is 12.1 Å². The van der Waals surface area contributed by atoms with Crippen molar-refractivity contribution < 1.29 is 18.7 Å². The molecule has 0 aliphatic carbocycles. The highest BCUT2D eigenvalue weighted by atomic mass is 19.1. The maximum Gasteiger partial charge on any atom is 0.277 e. The molecule has 3 aromatic rings. The number of hydrogen-bond acceptors (Lipinski definition) is 4. The maximum atomic E-state index is 13.1. The van der Waals surface area contributed by atoms with E-state index in [1.165, 1.54) is 24.4 Å². The Morgan fingerprint density at radius 2 is 2.00 bits per heavy atom. The van der Waals surface area contributed by atoms with Crippen LogP contribution in [0.5, 0.6) is 11.5 Å². The minimum Gasteiger partial charge on any atom is -0.484 e. The molecule has 0 aromatic heterocycles. The number of hydrogen-bond donors (Lipinski definition) is 1. The number of rotatable bonds is 7. The first kappa shape index (κ1) is 18.9. The van der Waals surface area contributed by atoms with Gasteiger partial charge in [0, 0.05) is 11.6 Å². The van der Waals surface area contributed by atoms with Crippen LogP contribution in [0.3, 0.4) is 0 Å². The second kappa shape index (κ2) is 9.19. The molecule has 3 aromatic carbocycles. The number of hydrazone groups is 1. The van der Waals surface area contributed by atoms with E-state index in [0.717, 1.165) is 10.8 Å². The SMILES string of the molecule is C#CCOc1ccc2ccccc2c1/C=N\NC(=O)COc1cccc(F)c1. The van der Waals surface area contributed by atoms with Crippen LogP contribution in [0.15, 0.2) is 65.8 Å². The Hall–Kier alpha value is -3.85. The van der Waals surface area contributed by atoms with E-state index in [9.17, 15) is 9.18 Å². The van der Waals surface area contributed by atoms with Crippen molar-refractivity contribution in [2.45, 2.75) is 0 Å². The van der Waals surface area contributed by atoms with Crippen molar-refractivity contribution in [3.8, 4) is 23.8 Å². The summed E-state index contributed by atoms with van der Waals surface area (Å²) in [5.41, 5.74) is 3.07. The van der Waals surface area contributed by atoms with E-state index in [0.29, 0.717) is 11.3 Å². The summed E-state index contributed by atoms with van der Waals surface area (Å²) in [5, 5.41) is 5.89. The lowest BCUT2D eigenvalue weighted by molar-refractivity contribution is -0.123. The second-order valence-electron chi connectivity index (χ2n) is 5.73. The Bertz CT molecular complexity index is 1060. The number of terminal acetylenes is 1. The highest BCUT2D eigenvalue weighted by Crippen LogP contribution is 2.26. The summed E-state index contributed by atoms with van der Waals surface area (Å²) in [7, 11) is 0. The van der Waals surface area contributed by atoms with Gasteiger partial charge < -0.3 is 9.47 Å². The number of amides is 1. The number of carbonyl (C=O) groups excluding carboxylic acids is 1. The van der Waals surface area contributed by atoms with E-state index >= 15 is 0 Å². The van der Waals surface area contributed by atoms with Crippen LogP contribution >= 0.6 is 0 Å². The van der Waals surface area contributed by atoms with Gasteiger partial charge in [-0.15, -0.1) is 6.42 Å². The molecule has 28 heavy (non-hydrogen) atoms. The van der Waals surface area contributed by atoms with Gasteiger partial charge in [0.25, 0.3) is 5.91 Å². The van der Waals surface area contributed by atoms with Gasteiger partial charge in [0.1, 0.15) is 23.9 Å². The molecule has 0 radical (unpaired) electrons. The number of nitrogens with zero attached hydrogens (tertiary/aromatic N) is 1. The highest BCUT2D eigenvalue weighted by Gasteiger charge is 2.07. The normalized spacial score (nSPS) is 10.6. The van der Waals surface area contributed by atoms with Crippen LogP contribution in [-0.2, 0) is 4.79 Å². The van der Waals surface area contributed by atoms with Gasteiger partial charge in [-0.2, -0.15) is 5.10 Å². The van der Waals surface area contributed by atoms with E-state index in [4.69, 9.17) is 15.9 Å². The van der Waals surface area contributed by atoms with Gasteiger partial charge in [0.05, 0.1) is 6.21 Å². The quantitative estimate of drug-likeness (QED) is 0.390. The smallest absolute Gasteiger partial charge is 0.277 e. The highest BCUT2D eigenvalue weighted by molar-refractivity contribution is 6.02. The number of halogens is 1. The van der Waals surface area contributed by atoms with Crippen molar-refractivity contribution in [1.29, 1.82) is 0 Å². The minimum atomic E-state index is -0.480. The van der Waals surface area contributed by atoms with Gasteiger partial charge in [-0.3, -0.25) is 4.79 Å². The van der Waals surface area contributed by atoms with E-state index in [1.807, 2.05) is 30.3 Å². The average Bonchev–Trinajstić information content (AvgIpc) is 2.71. The third kappa shape index (κ3) is 4.86. The van der Waals surface area contributed by atoms with E-state index in [2.05, 4.69) is 16.4 Å². The lowest BCUT2D eigenvalue weighted by Crippen LogP contribution is -2.24. The predicted octanol–water partition coefficient (Wildman–Crippen LogP) is 3.52. The van der Waals surface area contributed by atoms with Crippen molar-refractivity contribution in [2.75, 3.05) is 13.2 Å². The lowest BCUT2D eigenvalue weighted by Gasteiger charge is -2.10. The fraction of sp³-hybridized carbons (Fsp3) is 0.0909. The van der Waals surface area contributed by atoms with Crippen LogP contribution in [0.4, 0.5) is 4.39 Å². The Morgan fingerprint density at radius 3 is 2.82 bits per heavy atom. The topological polar surface area (TPSA) is 59.9 Å². The number of nitrogens with one attached hydrogen (secondary N) is 1. The van der Waals surface area contributed by atoms with Crippen molar-refractivity contribution in [2.24, 2.45) is 5.10 Å². The molecule has 6 heteroatoms. The lowest BCUT2D eigenvalue weighted by atomic mass is 10.0. The summed E-state index contributed by atoms with van der Waals surface area (Å²) in [6, 6.07) is 17.0. The van der Waals surface area contributed by atoms with E-state index < -0.39 is 11.7 Å². The number of ether oxygens (including phenoxy) is 2. The van der Waals surface area contributed by atoms with Gasteiger partial charge in [-0.1, -0.05) is 42.3 Å². The molecule has 0 saturated carbocycles. The van der Waals surface area contributed by atoms with Gasteiger partial charge in [0.15, 0.2) is 6.61 Å². The summed E-state index contributed by atoms with van der Waals surface area (Å²) >= 11 is 0. The predicted molar refractivity (Wildman–Crippen MR) is 106 cm³/mol. The molecule has 0 fully saturated rings. The number of carbonyl (C=O) groups is 1. The van der Waals surface area contributed by atoms with Crippen LogP contribution in [0.1, 0.15) is 5.56 Å². The summed E-state index contributed by atoms with van der Waals surface area (Å²) in [5.74, 6) is 2.33. The molecule has 0 saturated heterocycles. The van der Waals surface area contributed by atoms with Crippen molar-refractivity contribution in [1.82, 2.24) is 5.43 Å². The number of fused-ring (bicyclic) bond motifs is 1. The third-order valence-corrected chi connectivity index (χ3v) is 3.79. The van der Waals surface area contributed by atoms with Crippen molar-refractivity contribution in [3.05, 3.63) is 72.0 Å². The summed E-state index contributed by atoms with van der Waals surface area (Å²) < 4.78 is 23.9. The Kier molecular flexibility index (Phi) is 6.21. The maximum absolute atomic E-state index is 13.1. The Balaban J connectivity index is 1.69. The standard InChI is InChI=1S/C22H17FN2O3/c1-2-12-27-21-11-10-16-6-3-4-9-19(16)20(21)14-24-25-22(26)15-28-18-8-5-7-17(23)13-18/h1,3-11,13-14H,12,15H2,(H,25,26)/b24-14-. The Labute approximate surface area is 161 Å². The van der Waals surface area contributed by atoms with Crippen LogP contribution in [0, 0.1) is 18.2 Å². The van der Waals surface area contributed by atoms with Crippen molar-refractivity contribution >= 4 is 22.9 Å². The summed E-state index contributed by atoms with van der Waals surface area (Å²) in [4.78, 5) is 11.9. The minimum absolute atomic E-state index is 0.118. The molecule has 0 unspecified atom stereocenters. The molecule has 5 nitrogen and oxygen atoms in total. The zero-order valence-electron chi connectivity index (χ0n) is 14.9. The van der Waals surface area contributed by atoms with Crippen LogP contribution < -0.4 is 14.9 Å². The fourth-order valence-corrected chi connectivity index (χ4v) is 2.56. The monoisotopic (exact) mass is 376 g/mol. The van der Waals surface area contributed by atoms with Gasteiger partial charge in [-0.25, -0.2) is 9.82 Å². The van der Waals surface area contributed by atoms with Crippen LogP contribution in [0.25, 0.3) is 10.8 Å². The molecule has 0 heterocycles. The molecule has 0 aliphatic rings. The molecular weight excluding hydrogens is 359 g/mol. The second-order valence-corrected chi connectivity index (χ2v) is 5.73. The molecule has 0 aliphatic heterocycles. The van der Waals surface area contributed by atoms with Crippen molar-refractivity contribution in [3.63, 3.8) is 0 Å². The summed E-state index contributed by atoms with van der Waals surface area (Å²) in [6.07, 6.45) is 6.76. The zero-order chi connectivity index (χ0) is 19.8. The number of benzene rings is 3.